The summed E-state index contributed by atoms with van der Waals surface area (Å²) in [6.45, 7) is -0.193. The van der Waals surface area contributed by atoms with E-state index in [0.29, 0.717) is 10.2 Å². The number of benzene rings is 2. The summed E-state index contributed by atoms with van der Waals surface area (Å²) in [5, 5.41) is 9.50. The van der Waals surface area contributed by atoms with Gasteiger partial charge in [-0.1, -0.05) is 41.7 Å². The molecule has 0 aliphatic rings. The molecular formula is C18H15N5O2S. The molecule has 0 spiro atoms. The second-order valence-corrected chi connectivity index (χ2v) is 6.76. The number of thiazole rings is 1. The van der Waals surface area contributed by atoms with Gasteiger partial charge in [0.2, 0.25) is 4.80 Å². The third-order valence-electron chi connectivity index (χ3n) is 4.05. The zero-order valence-corrected chi connectivity index (χ0v) is 14.7. The van der Waals surface area contributed by atoms with E-state index in [4.69, 9.17) is 0 Å². The van der Waals surface area contributed by atoms with Crippen molar-refractivity contribution in [1.29, 1.82) is 0 Å². The maximum absolute atomic E-state index is 12.4. The van der Waals surface area contributed by atoms with Crippen molar-refractivity contribution in [2.24, 2.45) is 12.1 Å². The number of hydrogen-bond acceptors (Lipinski definition) is 5. The number of para-hydroxylation sites is 1. The molecule has 1 amide bonds. The van der Waals surface area contributed by atoms with E-state index >= 15 is 0 Å². The van der Waals surface area contributed by atoms with E-state index in [9.17, 15) is 9.59 Å². The first-order valence-corrected chi connectivity index (χ1v) is 8.77. The van der Waals surface area contributed by atoms with Gasteiger partial charge in [0.15, 0.2) is 0 Å². The number of aromatic nitrogens is 3. The summed E-state index contributed by atoms with van der Waals surface area (Å²) in [4.78, 5) is 25.3. The van der Waals surface area contributed by atoms with Gasteiger partial charge < -0.3 is 4.57 Å². The molecule has 0 fully saturated rings. The van der Waals surface area contributed by atoms with Gasteiger partial charge in [0.25, 0.3) is 11.5 Å². The smallest absolute Gasteiger partial charge is 0.275 e. The van der Waals surface area contributed by atoms with Gasteiger partial charge in [-0.25, -0.2) is 10.1 Å². The van der Waals surface area contributed by atoms with Gasteiger partial charge in [0.05, 0.1) is 21.8 Å². The van der Waals surface area contributed by atoms with Gasteiger partial charge in [0, 0.05) is 12.4 Å². The number of carbonyl (C=O) groups is 1. The molecule has 0 aliphatic heterocycles. The predicted molar refractivity (Wildman–Crippen MR) is 101 cm³/mol. The van der Waals surface area contributed by atoms with Crippen LogP contribution in [0.1, 0.15) is 0 Å². The minimum atomic E-state index is -0.410. The lowest BCUT2D eigenvalue weighted by Gasteiger charge is -2.04. The van der Waals surface area contributed by atoms with Crippen molar-refractivity contribution in [1.82, 2.24) is 19.8 Å². The van der Waals surface area contributed by atoms with Crippen LogP contribution in [0.5, 0.6) is 0 Å². The monoisotopic (exact) mass is 365 g/mol. The molecule has 0 radical (unpaired) electrons. The normalized spacial score (nSPS) is 12.0. The largest absolute Gasteiger partial charge is 0.318 e. The highest BCUT2D eigenvalue weighted by atomic mass is 32.1. The van der Waals surface area contributed by atoms with E-state index in [0.717, 1.165) is 20.3 Å². The van der Waals surface area contributed by atoms with E-state index < -0.39 is 5.91 Å². The molecule has 0 saturated carbocycles. The summed E-state index contributed by atoms with van der Waals surface area (Å²) >= 11 is 1.47. The number of nitrogens with one attached hydrogen (secondary N) is 1. The highest BCUT2D eigenvalue weighted by molar-refractivity contribution is 7.16. The molecular weight excluding hydrogens is 350 g/mol. The molecule has 8 heteroatoms. The van der Waals surface area contributed by atoms with Crippen LogP contribution in [0, 0.1) is 0 Å². The molecule has 2 heterocycles. The molecule has 0 aliphatic carbocycles. The zero-order valence-electron chi connectivity index (χ0n) is 13.9. The second kappa shape index (κ2) is 6.57. The highest BCUT2D eigenvalue weighted by Gasteiger charge is 2.08. The summed E-state index contributed by atoms with van der Waals surface area (Å²) in [5.41, 5.74) is 3.24. The van der Waals surface area contributed by atoms with Gasteiger partial charge in [-0.05, 0) is 18.2 Å². The fraction of sp³-hybridized carbons (Fsp3) is 0.111. The van der Waals surface area contributed by atoms with Crippen LogP contribution in [-0.2, 0) is 18.4 Å². The van der Waals surface area contributed by atoms with Crippen LogP contribution in [-0.4, -0.2) is 20.3 Å². The quantitative estimate of drug-likeness (QED) is 0.560. The molecule has 2 aromatic heterocycles. The van der Waals surface area contributed by atoms with E-state index in [2.05, 4.69) is 15.6 Å². The van der Waals surface area contributed by atoms with Gasteiger partial charge in [-0.3, -0.25) is 9.59 Å². The average molecular weight is 365 g/mol. The van der Waals surface area contributed by atoms with Crippen molar-refractivity contribution >= 4 is 38.2 Å². The zero-order chi connectivity index (χ0) is 18.1. The molecule has 0 atom stereocenters. The molecule has 130 valence electrons. The van der Waals surface area contributed by atoms with Crippen LogP contribution in [0.3, 0.4) is 0 Å². The van der Waals surface area contributed by atoms with E-state index in [1.165, 1.54) is 11.3 Å². The van der Waals surface area contributed by atoms with Crippen molar-refractivity contribution in [3.8, 4) is 0 Å². The number of amides is 1. The van der Waals surface area contributed by atoms with Crippen LogP contribution in [0.2, 0.25) is 0 Å². The van der Waals surface area contributed by atoms with Gasteiger partial charge in [0.1, 0.15) is 6.54 Å². The standard InChI is InChI=1S/C18H15N5O2S/c1-22-14-8-4-5-9-15(14)26-18(22)21-20-16(24)11-23-17(25)13-7-3-2-6-12(13)10-19-23/h2-10H,11H2,1H3,(H,20,24)/b21-18-. The van der Waals surface area contributed by atoms with Gasteiger partial charge >= 0.3 is 0 Å². The number of carbonyl (C=O) groups excluding carboxylic acids is 1. The molecule has 0 saturated heterocycles. The lowest BCUT2D eigenvalue weighted by atomic mass is 10.2. The summed E-state index contributed by atoms with van der Waals surface area (Å²) in [5.74, 6) is -0.410. The van der Waals surface area contributed by atoms with E-state index in [1.54, 1.807) is 18.3 Å². The Bertz CT molecular complexity index is 1250. The molecule has 0 bridgehead atoms. The Morgan fingerprint density at radius 3 is 2.81 bits per heavy atom. The topological polar surface area (TPSA) is 81.3 Å². The fourth-order valence-corrected chi connectivity index (χ4v) is 3.69. The Morgan fingerprint density at radius 2 is 1.96 bits per heavy atom. The number of nitrogens with zero attached hydrogens (tertiary/aromatic N) is 4. The van der Waals surface area contributed by atoms with Crippen LogP contribution < -0.4 is 15.8 Å². The lowest BCUT2D eigenvalue weighted by molar-refractivity contribution is -0.122. The maximum Gasteiger partial charge on any atom is 0.275 e. The molecule has 4 rings (SSSR count). The number of fused-ring (bicyclic) bond motifs is 2. The number of rotatable bonds is 3. The predicted octanol–water partition coefficient (Wildman–Crippen LogP) is 1.58. The highest BCUT2D eigenvalue weighted by Crippen LogP contribution is 2.14. The average Bonchev–Trinajstić information content (AvgIpc) is 2.99. The molecule has 7 nitrogen and oxygen atoms in total. The Balaban J connectivity index is 1.58. The lowest BCUT2D eigenvalue weighted by Crippen LogP contribution is -2.32. The molecule has 26 heavy (non-hydrogen) atoms. The summed E-state index contributed by atoms with van der Waals surface area (Å²) in [6.07, 6.45) is 1.58. The maximum atomic E-state index is 12.4. The third kappa shape index (κ3) is 2.91. The first-order valence-electron chi connectivity index (χ1n) is 7.95. The summed E-state index contributed by atoms with van der Waals surface area (Å²) in [6, 6.07) is 15.1. The minimum Gasteiger partial charge on any atom is -0.318 e. The van der Waals surface area contributed by atoms with Crippen LogP contribution >= 0.6 is 11.3 Å². The van der Waals surface area contributed by atoms with E-state index in [1.807, 2.05) is 48.0 Å². The second-order valence-electron chi connectivity index (χ2n) is 5.75. The van der Waals surface area contributed by atoms with Crippen molar-refractivity contribution in [3.05, 3.63) is 69.9 Å². The van der Waals surface area contributed by atoms with Crippen LogP contribution in [0.15, 0.2) is 64.6 Å². The number of hydrogen-bond donors (Lipinski definition) is 1. The Hall–Kier alpha value is -3.26. The molecule has 0 unspecified atom stereocenters. The first kappa shape index (κ1) is 16.2. The van der Waals surface area contributed by atoms with Crippen LogP contribution in [0.4, 0.5) is 0 Å². The van der Waals surface area contributed by atoms with Crippen molar-refractivity contribution in [2.45, 2.75) is 6.54 Å². The Labute approximate surface area is 151 Å². The van der Waals surface area contributed by atoms with Crippen molar-refractivity contribution in [2.75, 3.05) is 0 Å². The van der Waals surface area contributed by atoms with Crippen molar-refractivity contribution < 1.29 is 4.79 Å². The van der Waals surface area contributed by atoms with Gasteiger partial charge in [-0.2, -0.15) is 5.10 Å². The fourth-order valence-electron chi connectivity index (χ4n) is 2.71. The summed E-state index contributed by atoms with van der Waals surface area (Å²) in [7, 11) is 1.89. The third-order valence-corrected chi connectivity index (χ3v) is 5.16. The molecule has 2 aromatic carbocycles. The Morgan fingerprint density at radius 1 is 1.19 bits per heavy atom. The molecule has 4 aromatic rings. The first-order chi connectivity index (χ1) is 12.6. The van der Waals surface area contributed by atoms with E-state index in [-0.39, 0.29) is 12.1 Å². The number of aryl methyl sites for hydroxylation is 1. The van der Waals surface area contributed by atoms with Crippen molar-refractivity contribution in [3.63, 3.8) is 0 Å². The van der Waals surface area contributed by atoms with Gasteiger partial charge in [-0.15, -0.1) is 5.10 Å². The summed E-state index contributed by atoms with van der Waals surface area (Å²) < 4.78 is 4.12. The molecule has 1 N–H and O–H groups in total. The van der Waals surface area contributed by atoms with Crippen LogP contribution in [0.25, 0.3) is 21.0 Å². The Kier molecular flexibility index (Phi) is 4.10. The minimum absolute atomic E-state index is 0.193. The SMILES string of the molecule is Cn1/c(=N/NC(=O)Cn2ncc3ccccc3c2=O)sc2ccccc21.